The molecule has 6 nitrogen and oxygen atoms in total. The molecule has 0 fully saturated rings. The normalized spacial score (nSPS) is 13.4. The van der Waals surface area contributed by atoms with E-state index >= 15 is 0 Å². The van der Waals surface area contributed by atoms with E-state index in [4.69, 9.17) is 9.47 Å². The zero-order valence-electron chi connectivity index (χ0n) is 15.4. The fourth-order valence-corrected chi connectivity index (χ4v) is 3.98. The van der Waals surface area contributed by atoms with Gasteiger partial charge in [-0.25, -0.2) is 4.98 Å². The van der Waals surface area contributed by atoms with E-state index in [1.54, 1.807) is 25.3 Å². The van der Waals surface area contributed by atoms with Gasteiger partial charge in [-0.15, -0.1) is 11.3 Å². The van der Waals surface area contributed by atoms with Gasteiger partial charge in [0.15, 0.2) is 16.6 Å². The maximum absolute atomic E-state index is 12.5. The number of nitrogens with zero attached hydrogens (tertiary/aromatic N) is 2. The minimum absolute atomic E-state index is 0.00869. The second kappa shape index (κ2) is 8.69. The number of nitrogens with one attached hydrogen (secondary N) is 1. The van der Waals surface area contributed by atoms with Crippen LogP contribution in [-0.2, 0) is 17.6 Å². The Morgan fingerprint density at radius 2 is 2.19 bits per heavy atom. The molecule has 0 bridgehead atoms. The van der Waals surface area contributed by atoms with Gasteiger partial charge in [-0.1, -0.05) is 6.07 Å². The number of carbonyl (C=O) groups excluding carboxylic acids is 1. The van der Waals surface area contributed by atoms with Crippen molar-refractivity contribution < 1.29 is 14.3 Å². The van der Waals surface area contributed by atoms with Crippen LogP contribution < -0.4 is 14.8 Å². The fraction of sp³-hybridized carbons (Fsp3) is 0.350. The fourth-order valence-electron chi connectivity index (χ4n) is 2.93. The molecule has 0 atom stereocenters. The lowest BCUT2D eigenvalue weighted by atomic mass is 10.0. The van der Waals surface area contributed by atoms with Crippen LogP contribution in [0.5, 0.6) is 11.5 Å². The average molecular weight is 383 g/mol. The van der Waals surface area contributed by atoms with E-state index in [9.17, 15) is 10.1 Å². The van der Waals surface area contributed by atoms with Gasteiger partial charge in [0.1, 0.15) is 11.6 Å². The number of carbonyl (C=O) groups is 1. The van der Waals surface area contributed by atoms with Gasteiger partial charge in [-0.05, 0) is 56.4 Å². The number of ether oxygens (including phenoxy) is 2. The summed E-state index contributed by atoms with van der Waals surface area (Å²) in [5.74, 6) is 0.709. The summed E-state index contributed by atoms with van der Waals surface area (Å²) in [6.45, 7) is 2.41. The lowest BCUT2D eigenvalue weighted by molar-refractivity contribution is -0.112. The third kappa shape index (κ3) is 4.47. The Hall–Kier alpha value is -2.85. The second-order valence-corrected chi connectivity index (χ2v) is 7.15. The van der Waals surface area contributed by atoms with Gasteiger partial charge >= 0.3 is 0 Å². The molecule has 1 amide bonds. The monoisotopic (exact) mass is 383 g/mol. The van der Waals surface area contributed by atoms with E-state index in [1.165, 1.54) is 22.3 Å². The lowest BCUT2D eigenvalue weighted by Gasteiger charge is -2.09. The number of hydrogen-bond donors (Lipinski definition) is 1. The standard InChI is InChI=1S/C20H21N3O3S/c1-3-26-16-9-8-13(11-17(16)25-2)10-14(12-21)19(24)23-20-22-15-6-4-5-7-18(15)27-20/h8-11H,3-7H2,1-2H3,(H,22,23,24)/b14-10+. The number of nitriles is 1. The number of amides is 1. The molecule has 1 aromatic heterocycles. The van der Waals surface area contributed by atoms with Crippen LogP contribution in [0.2, 0.25) is 0 Å². The first kappa shape index (κ1) is 18.9. The molecule has 0 aliphatic heterocycles. The van der Waals surface area contributed by atoms with Crippen molar-refractivity contribution in [3.05, 3.63) is 39.9 Å². The van der Waals surface area contributed by atoms with Crippen LogP contribution in [0, 0.1) is 11.3 Å². The van der Waals surface area contributed by atoms with Crippen LogP contribution in [0.4, 0.5) is 5.13 Å². The molecule has 140 valence electrons. The lowest BCUT2D eigenvalue weighted by Crippen LogP contribution is -2.13. The van der Waals surface area contributed by atoms with Gasteiger partial charge in [0, 0.05) is 4.88 Å². The van der Waals surface area contributed by atoms with E-state index in [0.29, 0.717) is 28.8 Å². The van der Waals surface area contributed by atoms with Gasteiger partial charge < -0.3 is 9.47 Å². The van der Waals surface area contributed by atoms with Crippen LogP contribution in [0.3, 0.4) is 0 Å². The Kier molecular flexibility index (Phi) is 6.09. The van der Waals surface area contributed by atoms with E-state index in [-0.39, 0.29) is 5.57 Å². The van der Waals surface area contributed by atoms with Crippen molar-refractivity contribution in [3.8, 4) is 17.6 Å². The van der Waals surface area contributed by atoms with Crippen LogP contribution in [0.15, 0.2) is 23.8 Å². The zero-order valence-corrected chi connectivity index (χ0v) is 16.2. The molecule has 7 heteroatoms. The molecule has 2 aromatic rings. The van der Waals surface area contributed by atoms with Crippen LogP contribution in [0.25, 0.3) is 6.08 Å². The Bertz CT molecular complexity index is 888. The third-order valence-electron chi connectivity index (χ3n) is 4.23. The second-order valence-electron chi connectivity index (χ2n) is 6.06. The number of anilines is 1. The highest BCUT2D eigenvalue weighted by Crippen LogP contribution is 2.31. The molecule has 1 heterocycles. The van der Waals surface area contributed by atoms with Crippen molar-refractivity contribution in [2.45, 2.75) is 32.6 Å². The highest BCUT2D eigenvalue weighted by molar-refractivity contribution is 7.15. The molecule has 0 saturated carbocycles. The van der Waals surface area contributed by atoms with Crippen LogP contribution in [0.1, 0.15) is 35.9 Å². The molecule has 0 saturated heterocycles. The number of methoxy groups -OCH3 is 1. The number of rotatable bonds is 6. The van der Waals surface area contributed by atoms with Gasteiger partial charge in [-0.2, -0.15) is 5.26 Å². The predicted octanol–water partition coefficient (Wildman–Crippen LogP) is 3.97. The minimum Gasteiger partial charge on any atom is -0.493 e. The summed E-state index contributed by atoms with van der Waals surface area (Å²) >= 11 is 1.50. The SMILES string of the molecule is CCOc1ccc(/C=C(\C#N)C(=O)Nc2nc3c(s2)CCCC3)cc1OC. The summed E-state index contributed by atoms with van der Waals surface area (Å²) in [5, 5.41) is 12.7. The van der Waals surface area contributed by atoms with Crippen molar-refractivity contribution in [3.63, 3.8) is 0 Å². The number of hydrogen-bond acceptors (Lipinski definition) is 6. The largest absolute Gasteiger partial charge is 0.493 e. The van der Waals surface area contributed by atoms with Crippen molar-refractivity contribution in [2.75, 3.05) is 19.0 Å². The summed E-state index contributed by atoms with van der Waals surface area (Å²) in [6, 6.07) is 7.24. The molecule has 1 aliphatic carbocycles. The molecule has 27 heavy (non-hydrogen) atoms. The zero-order chi connectivity index (χ0) is 19.2. The van der Waals surface area contributed by atoms with Crippen molar-refractivity contribution >= 4 is 28.5 Å². The van der Waals surface area contributed by atoms with E-state index in [1.807, 2.05) is 13.0 Å². The first-order chi connectivity index (χ1) is 13.1. The molecular weight excluding hydrogens is 362 g/mol. The molecule has 3 rings (SSSR count). The summed E-state index contributed by atoms with van der Waals surface area (Å²) < 4.78 is 10.8. The number of aromatic nitrogens is 1. The highest BCUT2D eigenvalue weighted by atomic mass is 32.1. The van der Waals surface area contributed by atoms with Crippen molar-refractivity contribution in [1.29, 1.82) is 5.26 Å². The van der Waals surface area contributed by atoms with Gasteiger partial charge in [0.05, 0.1) is 19.4 Å². The quantitative estimate of drug-likeness (QED) is 0.603. The topological polar surface area (TPSA) is 84.2 Å². The average Bonchev–Trinajstić information content (AvgIpc) is 3.09. The van der Waals surface area contributed by atoms with Gasteiger partial charge in [-0.3, -0.25) is 10.1 Å². The van der Waals surface area contributed by atoms with E-state index < -0.39 is 5.91 Å². The van der Waals surface area contributed by atoms with Crippen LogP contribution >= 0.6 is 11.3 Å². The Balaban J connectivity index is 1.78. The van der Waals surface area contributed by atoms with Crippen molar-refractivity contribution in [2.24, 2.45) is 0 Å². The predicted molar refractivity (Wildman–Crippen MR) is 105 cm³/mol. The molecule has 1 aromatic carbocycles. The number of aryl methyl sites for hydroxylation is 2. The number of fused-ring (bicyclic) bond motifs is 1. The maximum atomic E-state index is 12.5. The molecular formula is C20H21N3O3S. The molecule has 1 N–H and O–H groups in total. The first-order valence-electron chi connectivity index (χ1n) is 8.87. The van der Waals surface area contributed by atoms with Gasteiger partial charge in [0.25, 0.3) is 5.91 Å². The smallest absolute Gasteiger partial charge is 0.268 e. The first-order valence-corrected chi connectivity index (χ1v) is 9.68. The summed E-state index contributed by atoms with van der Waals surface area (Å²) in [7, 11) is 1.55. The molecule has 1 aliphatic rings. The molecule has 0 unspecified atom stereocenters. The summed E-state index contributed by atoms with van der Waals surface area (Å²) in [5.41, 5.74) is 1.76. The van der Waals surface area contributed by atoms with Crippen molar-refractivity contribution in [1.82, 2.24) is 4.98 Å². The van der Waals surface area contributed by atoms with Crippen LogP contribution in [-0.4, -0.2) is 24.6 Å². The van der Waals surface area contributed by atoms with E-state index in [0.717, 1.165) is 31.4 Å². The number of thiazole rings is 1. The van der Waals surface area contributed by atoms with E-state index in [2.05, 4.69) is 10.3 Å². The minimum atomic E-state index is -0.462. The Morgan fingerprint density at radius 1 is 1.37 bits per heavy atom. The van der Waals surface area contributed by atoms with Gasteiger partial charge in [0.2, 0.25) is 0 Å². The maximum Gasteiger partial charge on any atom is 0.268 e. The summed E-state index contributed by atoms with van der Waals surface area (Å²) in [6.07, 6.45) is 5.78. The number of benzene rings is 1. The summed E-state index contributed by atoms with van der Waals surface area (Å²) in [4.78, 5) is 18.2. The highest BCUT2D eigenvalue weighted by Gasteiger charge is 2.18. The molecule has 0 spiro atoms. The third-order valence-corrected chi connectivity index (χ3v) is 5.30. The molecule has 0 radical (unpaired) electrons. The Morgan fingerprint density at radius 3 is 2.89 bits per heavy atom. The Labute approximate surface area is 162 Å².